The number of hydrogen-bond donors (Lipinski definition) is 1. The van der Waals surface area contributed by atoms with E-state index in [0.29, 0.717) is 17.9 Å². The Balaban J connectivity index is 2.29. The zero-order valence-electron chi connectivity index (χ0n) is 12.1. The Morgan fingerprint density at radius 2 is 2.17 bits per heavy atom. The fourth-order valence-electron chi connectivity index (χ4n) is 3.26. The molecule has 0 aromatic carbocycles. The molecule has 1 aliphatic rings. The molecule has 3 unspecified atom stereocenters. The van der Waals surface area contributed by atoms with Crippen LogP contribution in [-0.2, 0) is 6.54 Å². The van der Waals surface area contributed by atoms with Crippen LogP contribution in [0.3, 0.4) is 0 Å². The summed E-state index contributed by atoms with van der Waals surface area (Å²) >= 11 is 0. The first-order chi connectivity index (χ1) is 8.48. The highest BCUT2D eigenvalue weighted by Gasteiger charge is 2.44. The minimum atomic E-state index is 0.191. The zero-order chi connectivity index (χ0) is 13.3. The number of nitrogens with zero attached hydrogens (tertiary/aromatic N) is 3. The molecule has 1 saturated carbocycles. The van der Waals surface area contributed by atoms with Crippen LogP contribution in [0.5, 0.6) is 0 Å². The molecule has 0 saturated heterocycles. The minimum Gasteiger partial charge on any atom is -0.327 e. The Morgan fingerprint density at radius 1 is 1.44 bits per heavy atom. The van der Waals surface area contributed by atoms with Gasteiger partial charge >= 0.3 is 0 Å². The van der Waals surface area contributed by atoms with Crippen LogP contribution in [0, 0.1) is 11.3 Å². The van der Waals surface area contributed by atoms with Gasteiger partial charge in [0.1, 0.15) is 12.2 Å². The summed E-state index contributed by atoms with van der Waals surface area (Å²) in [4.78, 5) is 0. The Bertz CT molecular complexity index is 396. The predicted octanol–water partition coefficient (Wildman–Crippen LogP) is 2.56. The van der Waals surface area contributed by atoms with Crippen molar-refractivity contribution in [3.63, 3.8) is 0 Å². The highest BCUT2D eigenvalue weighted by atomic mass is 15.3. The van der Waals surface area contributed by atoms with Gasteiger partial charge in [-0.25, -0.2) is 0 Å². The molecule has 18 heavy (non-hydrogen) atoms. The number of aromatic nitrogens is 3. The summed E-state index contributed by atoms with van der Waals surface area (Å²) < 4.78 is 2.22. The van der Waals surface area contributed by atoms with Crippen LogP contribution in [0.25, 0.3) is 0 Å². The highest BCUT2D eigenvalue weighted by molar-refractivity contribution is 5.08. The second-order valence-corrected chi connectivity index (χ2v) is 6.29. The highest BCUT2D eigenvalue weighted by Crippen LogP contribution is 2.49. The molecule has 4 nitrogen and oxygen atoms in total. The van der Waals surface area contributed by atoms with Gasteiger partial charge in [-0.3, -0.25) is 0 Å². The fourth-order valence-corrected chi connectivity index (χ4v) is 3.26. The van der Waals surface area contributed by atoms with Crippen molar-refractivity contribution < 1.29 is 0 Å². The summed E-state index contributed by atoms with van der Waals surface area (Å²) in [6, 6.07) is 0.318. The molecular formula is C14H26N4. The van der Waals surface area contributed by atoms with Gasteiger partial charge in [0.05, 0.1) is 0 Å². The largest absolute Gasteiger partial charge is 0.327 e. The first-order valence-corrected chi connectivity index (χ1v) is 7.11. The van der Waals surface area contributed by atoms with Gasteiger partial charge in [0.25, 0.3) is 0 Å². The maximum Gasteiger partial charge on any atom is 0.136 e. The molecule has 0 bridgehead atoms. The molecule has 0 radical (unpaired) electrons. The van der Waals surface area contributed by atoms with Gasteiger partial charge in [-0.2, -0.15) is 0 Å². The molecule has 1 aromatic rings. The number of hydrogen-bond acceptors (Lipinski definition) is 3. The first kappa shape index (κ1) is 13.5. The third kappa shape index (κ3) is 2.18. The second kappa shape index (κ2) is 5.00. The van der Waals surface area contributed by atoms with Crippen molar-refractivity contribution in [2.24, 2.45) is 17.1 Å². The van der Waals surface area contributed by atoms with Crippen LogP contribution < -0.4 is 5.73 Å². The molecular weight excluding hydrogens is 224 g/mol. The average molecular weight is 250 g/mol. The molecule has 3 atom stereocenters. The first-order valence-electron chi connectivity index (χ1n) is 7.11. The lowest BCUT2D eigenvalue weighted by Crippen LogP contribution is -2.46. The molecule has 2 N–H and O–H groups in total. The van der Waals surface area contributed by atoms with Crippen LogP contribution in [0.1, 0.15) is 58.7 Å². The van der Waals surface area contributed by atoms with E-state index in [0.717, 1.165) is 31.6 Å². The monoisotopic (exact) mass is 250 g/mol. The summed E-state index contributed by atoms with van der Waals surface area (Å²) in [6.45, 7) is 10.1. The molecule has 0 amide bonds. The molecule has 1 aromatic heterocycles. The molecule has 4 heteroatoms. The Morgan fingerprint density at radius 3 is 2.83 bits per heavy atom. The van der Waals surface area contributed by atoms with Gasteiger partial charge in [-0.15, -0.1) is 10.2 Å². The van der Waals surface area contributed by atoms with Crippen molar-refractivity contribution in [3.05, 3.63) is 12.2 Å². The molecule has 2 rings (SSSR count). The predicted molar refractivity (Wildman–Crippen MR) is 73.2 cm³/mol. The number of aryl methyl sites for hydroxylation is 1. The molecule has 1 aliphatic carbocycles. The van der Waals surface area contributed by atoms with Gasteiger partial charge in [0.15, 0.2) is 0 Å². The van der Waals surface area contributed by atoms with Crippen LogP contribution >= 0.6 is 0 Å². The van der Waals surface area contributed by atoms with Gasteiger partial charge in [0, 0.05) is 18.5 Å². The van der Waals surface area contributed by atoms with E-state index in [1.54, 1.807) is 0 Å². The third-order valence-corrected chi connectivity index (χ3v) is 4.92. The maximum absolute atomic E-state index is 6.22. The van der Waals surface area contributed by atoms with Crippen LogP contribution in [0.4, 0.5) is 0 Å². The Labute approximate surface area is 110 Å². The zero-order valence-corrected chi connectivity index (χ0v) is 12.1. The Kier molecular flexibility index (Phi) is 3.76. The lowest BCUT2D eigenvalue weighted by molar-refractivity contribution is 0.0925. The van der Waals surface area contributed by atoms with E-state index in [2.05, 4.69) is 42.5 Å². The summed E-state index contributed by atoms with van der Waals surface area (Å²) in [5, 5.41) is 8.49. The quantitative estimate of drug-likeness (QED) is 0.897. The number of rotatable bonds is 3. The smallest absolute Gasteiger partial charge is 0.136 e. The van der Waals surface area contributed by atoms with E-state index in [9.17, 15) is 0 Å². The SMILES string of the molecule is CCCn1cnnc1C1CCC(N)C(C)C1(C)C. The molecule has 0 spiro atoms. The second-order valence-electron chi connectivity index (χ2n) is 6.29. The van der Waals surface area contributed by atoms with E-state index in [1.807, 2.05) is 6.33 Å². The lowest BCUT2D eigenvalue weighted by Gasteiger charge is -2.46. The standard InChI is InChI=1S/C14H26N4/c1-5-8-18-9-16-17-13(18)11-6-7-12(15)10(2)14(11,3)4/h9-12H,5-8,15H2,1-4H3. The van der Waals surface area contributed by atoms with Crippen LogP contribution in [0.15, 0.2) is 6.33 Å². The van der Waals surface area contributed by atoms with Crippen LogP contribution in [-0.4, -0.2) is 20.8 Å². The summed E-state index contributed by atoms with van der Waals surface area (Å²) in [7, 11) is 0. The van der Waals surface area contributed by atoms with E-state index in [1.165, 1.54) is 0 Å². The van der Waals surface area contributed by atoms with E-state index >= 15 is 0 Å². The van der Waals surface area contributed by atoms with E-state index < -0.39 is 0 Å². The van der Waals surface area contributed by atoms with Crippen molar-refractivity contribution >= 4 is 0 Å². The Hall–Kier alpha value is -0.900. The van der Waals surface area contributed by atoms with Gasteiger partial charge in [0.2, 0.25) is 0 Å². The van der Waals surface area contributed by atoms with Crippen molar-refractivity contribution in [1.29, 1.82) is 0 Å². The fraction of sp³-hybridized carbons (Fsp3) is 0.857. The molecule has 0 aliphatic heterocycles. The minimum absolute atomic E-state index is 0.191. The van der Waals surface area contributed by atoms with Gasteiger partial charge in [-0.1, -0.05) is 27.7 Å². The van der Waals surface area contributed by atoms with Crippen molar-refractivity contribution in [2.75, 3.05) is 0 Å². The summed E-state index contributed by atoms with van der Waals surface area (Å²) in [5.74, 6) is 2.14. The third-order valence-electron chi connectivity index (χ3n) is 4.92. The van der Waals surface area contributed by atoms with Gasteiger partial charge < -0.3 is 10.3 Å². The summed E-state index contributed by atoms with van der Waals surface area (Å²) in [5.41, 5.74) is 6.41. The molecule has 1 fully saturated rings. The van der Waals surface area contributed by atoms with Crippen molar-refractivity contribution in [3.8, 4) is 0 Å². The van der Waals surface area contributed by atoms with Crippen molar-refractivity contribution in [2.45, 2.75) is 65.5 Å². The van der Waals surface area contributed by atoms with E-state index in [-0.39, 0.29) is 5.41 Å². The van der Waals surface area contributed by atoms with Crippen molar-refractivity contribution in [1.82, 2.24) is 14.8 Å². The maximum atomic E-state index is 6.22. The molecule has 1 heterocycles. The summed E-state index contributed by atoms with van der Waals surface area (Å²) in [6.07, 6.45) is 5.20. The number of nitrogens with two attached hydrogens (primary N) is 1. The van der Waals surface area contributed by atoms with E-state index in [4.69, 9.17) is 5.73 Å². The van der Waals surface area contributed by atoms with Crippen LogP contribution in [0.2, 0.25) is 0 Å². The molecule has 102 valence electrons. The van der Waals surface area contributed by atoms with Gasteiger partial charge in [-0.05, 0) is 30.6 Å². The normalized spacial score (nSPS) is 31.5. The topological polar surface area (TPSA) is 56.7 Å². The average Bonchev–Trinajstić information content (AvgIpc) is 2.75. The lowest BCUT2D eigenvalue weighted by atomic mass is 9.61.